The van der Waals surface area contributed by atoms with E-state index in [0.29, 0.717) is 26.2 Å². The fourth-order valence-electron chi connectivity index (χ4n) is 3.12. The molecule has 0 N–H and O–H groups in total. The monoisotopic (exact) mass is 403 g/mol. The number of halogens is 2. The number of rotatable bonds is 8. The highest BCUT2D eigenvalue weighted by molar-refractivity contribution is 7.91. The van der Waals surface area contributed by atoms with Crippen molar-refractivity contribution in [3.8, 4) is 0 Å². The molecule has 1 heterocycles. The standard InChI is InChI=1S/C18H27F2N3O3S/c1-3-23(4-2)17(24)14-22-11-9-21(10-12-22)13-15-5-7-16(8-6-15)27(25,26)18(19)20/h5-8,18H,3-4,9-14H2,1-2H3. The summed E-state index contributed by atoms with van der Waals surface area (Å²) < 4.78 is 48.0. The Balaban J connectivity index is 1.85. The number of amides is 1. The third kappa shape index (κ3) is 5.70. The van der Waals surface area contributed by atoms with Gasteiger partial charge in [0.1, 0.15) is 0 Å². The zero-order valence-electron chi connectivity index (χ0n) is 15.8. The number of likely N-dealkylation sites (N-methyl/N-ethyl adjacent to an activating group) is 1. The molecule has 2 rings (SSSR count). The molecule has 1 aliphatic heterocycles. The lowest BCUT2D eigenvalue weighted by molar-refractivity contribution is -0.132. The second-order valence-electron chi connectivity index (χ2n) is 6.57. The zero-order chi connectivity index (χ0) is 20.0. The molecule has 0 aromatic heterocycles. The lowest BCUT2D eigenvalue weighted by atomic mass is 10.2. The minimum absolute atomic E-state index is 0.143. The van der Waals surface area contributed by atoms with Gasteiger partial charge in [-0.25, -0.2) is 8.42 Å². The zero-order valence-corrected chi connectivity index (χ0v) is 16.6. The highest BCUT2D eigenvalue weighted by Crippen LogP contribution is 2.19. The molecule has 1 aromatic carbocycles. The van der Waals surface area contributed by atoms with Gasteiger partial charge in [0.15, 0.2) is 0 Å². The number of carbonyl (C=O) groups excluding carboxylic acids is 1. The molecule has 0 spiro atoms. The molecule has 0 unspecified atom stereocenters. The van der Waals surface area contributed by atoms with Gasteiger partial charge in [0, 0.05) is 45.8 Å². The van der Waals surface area contributed by atoms with Gasteiger partial charge in [0.2, 0.25) is 15.7 Å². The molecule has 1 saturated heterocycles. The Morgan fingerprint density at radius 3 is 2.04 bits per heavy atom. The molecular formula is C18H27F2N3O3S. The molecule has 0 bridgehead atoms. The maximum Gasteiger partial charge on any atom is 0.341 e. The van der Waals surface area contributed by atoms with Crippen LogP contribution in [-0.2, 0) is 21.2 Å². The summed E-state index contributed by atoms with van der Waals surface area (Å²) in [4.78, 5) is 18.0. The van der Waals surface area contributed by atoms with Gasteiger partial charge in [0.25, 0.3) is 0 Å². The molecule has 9 heteroatoms. The molecule has 1 aromatic rings. The second kappa shape index (κ2) is 9.57. The minimum Gasteiger partial charge on any atom is -0.342 e. The van der Waals surface area contributed by atoms with Crippen molar-refractivity contribution in [1.82, 2.24) is 14.7 Å². The van der Waals surface area contributed by atoms with Gasteiger partial charge in [-0.15, -0.1) is 0 Å². The normalized spacial score (nSPS) is 16.6. The van der Waals surface area contributed by atoms with Crippen LogP contribution >= 0.6 is 0 Å². The SMILES string of the molecule is CCN(CC)C(=O)CN1CCN(Cc2ccc(S(=O)(=O)C(F)F)cc2)CC1. The first kappa shape index (κ1) is 21.7. The van der Waals surface area contributed by atoms with Crippen molar-refractivity contribution in [2.75, 3.05) is 45.8 Å². The first-order valence-electron chi connectivity index (χ1n) is 9.11. The van der Waals surface area contributed by atoms with Crippen LogP contribution in [0.5, 0.6) is 0 Å². The number of benzene rings is 1. The highest BCUT2D eigenvalue weighted by Gasteiger charge is 2.26. The summed E-state index contributed by atoms with van der Waals surface area (Å²) in [5, 5.41) is 0. The Morgan fingerprint density at radius 2 is 1.56 bits per heavy atom. The molecule has 6 nitrogen and oxygen atoms in total. The van der Waals surface area contributed by atoms with Crippen LogP contribution in [0.3, 0.4) is 0 Å². The van der Waals surface area contributed by atoms with E-state index in [1.807, 2.05) is 18.7 Å². The average molecular weight is 403 g/mol. The van der Waals surface area contributed by atoms with Crippen molar-refractivity contribution >= 4 is 15.7 Å². The molecule has 0 aliphatic carbocycles. The molecule has 27 heavy (non-hydrogen) atoms. The molecule has 1 fully saturated rings. The third-order valence-electron chi connectivity index (χ3n) is 4.83. The first-order chi connectivity index (χ1) is 12.8. The van der Waals surface area contributed by atoms with E-state index in [9.17, 15) is 22.0 Å². The summed E-state index contributed by atoms with van der Waals surface area (Å²) in [5.74, 6) is -3.26. The molecule has 1 amide bonds. The van der Waals surface area contributed by atoms with Crippen molar-refractivity contribution < 1.29 is 22.0 Å². The summed E-state index contributed by atoms with van der Waals surface area (Å²) in [5.41, 5.74) is 0.871. The molecule has 1 aliphatic rings. The van der Waals surface area contributed by atoms with Crippen molar-refractivity contribution in [2.24, 2.45) is 0 Å². The van der Waals surface area contributed by atoms with Gasteiger partial charge in [-0.3, -0.25) is 14.6 Å². The van der Waals surface area contributed by atoms with Gasteiger partial charge in [-0.05, 0) is 31.5 Å². The van der Waals surface area contributed by atoms with Crippen molar-refractivity contribution in [3.63, 3.8) is 0 Å². The lowest BCUT2D eigenvalue weighted by Gasteiger charge is -2.35. The topological polar surface area (TPSA) is 60.9 Å². The second-order valence-corrected chi connectivity index (χ2v) is 8.49. The summed E-state index contributed by atoms with van der Waals surface area (Å²) in [6.07, 6.45) is 0. The highest BCUT2D eigenvalue weighted by atomic mass is 32.2. The van der Waals surface area contributed by atoms with Crippen LogP contribution in [0.2, 0.25) is 0 Å². The van der Waals surface area contributed by atoms with E-state index in [0.717, 1.165) is 31.7 Å². The number of piperazine rings is 1. The summed E-state index contributed by atoms with van der Waals surface area (Å²) in [6, 6.07) is 5.61. The van der Waals surface area contributed by atoms with Crippen LogP contribution in [0, 0.1) is 0 Å². The van der Waals surface area contributed by atoms with E-state index in [2.05, 4.69) is 9.80 Å². The Labute approximate surface area is 159 Å². The van der Waals surface area contributed by atoms with E-state index in [1.54, 1.807) is 12.1 Å². The molecule has 0 radical (unpaired) electrons. The Bertz CT molecular complexity index is 714. The third-order valence-corrected chi connectivity index (χ3v) is 6.23. The molecule has 0 atom stereocenters. The number of alkyl halides is 2. The fraction of sp³-hybridized carbons (Fsp3) is 0.611. The fourth-order valence-corrected chi connectivity index (χ4v) is 3.84. The average Bonchev–Trinajstić information content (AvgIpc) is 2.64. The van der Waals surface area contributed by atoms with Gasteiger partial charge in [0.05, 0.1) is 11.4 Å². The van der Waals surface area contributed by atoms with Crippen LogP contribution in [0.4, 0.5) is 8.78 Å². The van der Waals surface area contributed by atoms with Crippen molar-refractivity contribution in [2.45, 2.75) is 31.0 Å². The smallest absolute Gasteiger partial charge is 0.341 e. The number of carbonyl (C=O) groups is 1. The van der Waals surface area contributed by atoms with Crippen molar-refractivity contribution in [3.05, 3.63) is 29.8 Å². The van der Waals surface area contributed by atoms with Crippen LogP contribution in [0.25, 0.3) is 0 Å². The summed E-state index contributed by atoms with van der Waals surface area (Å²) in [6.45, 7) is 9.57. The molecular weight excluding hydrogens is 376 g/mol. The van der Waals surface area contributed by atoms with E-state index in [-0.39, 0.29) is 10.8 Å². The predicted molar refractivity (Wildman–Crippen MR) is 99.3 cm³/mol. The molecule has 152 valence electrons. The van der Waals surface area contributed by atoms with E-state index in [4.69, 9.17) is 0 Å². The van der Waals surface area contributed by atoms with Crippen LogP contribution in [0.1, 0.15) is 19.4 Å². The Morgan fingerprint density at radius 1 is 1.04 bits per heavy atom. The molecule has 0 saturated carbocycles. The quantitative estimate of drug-likeness (QED) is 0.661. The number of nitrogens with zero attached hydrogens (tertiary/aromatic N) is 3. The van der Waals surface area contributed by atoms with Crippen LogP contribution in [-0.4, -0.2) is 80.6 Å². The van der Waals surface area contributed by atoms with Crippen molar-refractivity contribution in [1.29, 1.82) is 0 Å². The number of hydrogen-bond donors (Lipinski definition) is 0. The minimum atomic E-state index is -4.55. The Hall–Kier alpha value is -1.58. The number of sulfone groups is 1. The maximum atomic E-state index is 12.6. The number of hydrogen-bond acceptors (Lipinski definition) is 5. The predicted octanol–water partition coefficient (Wildman–Crippen LogP) is 1.67. The van der Waals surface area contributed by atoms with Gasteiger partial charge in [-0.1, -0.05) is 12.1 Å². The largest absolute Gasteiger partial charge is 0.342 e. The van der Waals surface area contributed by atoms with Crippen LogP contribution < -0.4 is 0 Å². The first-order valence-corrected chi connectivity index (χ1v) is 10.7. The summed E-state index contributed by atoms with van der Waals surface area (Å²) in [7, 11) is -4.55. The summed E-state index contributed by atoms with van der Waals surface area (Å²) >= 11 is 0. The van der Waals surface area contributed by atoms with E-state index in [1.165, 1.54) is 12.1 Å². The van der Waals surface area contributed by atoms with Gasteiger partial charge >= 0.3 is 5.76 Å². The Kier molecular flexibility index (Phi) is 7.69. The van der Waals surface area contributed by atoms with Gasteiger partial charge < -0.3 is 4.90 Å². The maximum absolute atomic E-state index is 12.6. The van der Waals surface area contributed by atoms with Gasteiger partial charge in [-0.2, -0.15) is 8.78 Å². The lowest BCUT2D eigenvalue weighted by Crippen LogP contribution is -2.49. The van der Waals surface area contributed by atoms with Crippen LogP contribution in [0.15, 0.2) is 29.2 Å². The van der Waals surface area contributed by atoms with E-state index >= 15 is 0 Å². The van der Waals surface area contributed by atoms with E-state index < -0.39 is 15.6 Å².